The van der Waals surface area contributed by atoms with Gasteiger partial charge >= 0.3 is 0 Å². The van der Waals surface area contributed by atoms with Crippen LogP contribution in [-0.4, -0.2) is 7.11 Å². The molecule has 1 rings (SSSR count). The highest BCUT2D eigenvalue weighted by atomic mass is 35.5. The molecule has 0 spiro atoms. The van der Waals surface area contributed by atoms with Crippen molar-refractivity contribution in [2.45, 2.75) is 5.88 Å². The lowest BCUT2D eigenvalue weighted by atomic mass is 10.2. The number of alkyl halides is 1. The maximum absolute atomic E-state index is 12.8. The minimum absolute atomic E-state index is 0.00245. The fourth-order valence-corrected chi connectivity index (χ4v) is 1.03. The smallest absolute Gasteiger partial charge is 0.167 e. The number of hydrogen-bond acceptors (Lipinski definition) is 1. The fourth-order valence-electron chi connectivity index (χ4n) is 0.830. The summed E-state index contributed by atoms with van der Waals surface area (Å²) in [6.45, 7) is 0. The predicted molar refractivity (Wildman–Crippen MR) is 42.5 cm³/mol. The highest BCUT2D eigenvalue weighted by molar-refractivity contribution is 6.17. The summed E-state index contributed by atoms with van der Waals surface area (Å²) in [5, 5.41) is 0. The first-order valence-corrected chi connectivity index (χ1v) is 3.80. The molecule has 0 aliphatic heterocycles. The maximum atomic E-state index is 12.8. The molecule has 1 aromatic rings. The van der Waals surface area contributed by atoms with Crippen LogP contribution in [0.25, 0.3) is 0 Å². The van der Waals surface area contributed by atoms with Gasteiger partial charge in [0.2, 0.25) is 0 Å². The van der Waals surface area contributed by atoms with Crippen LogP contribution in [0.15, 0.2) is 12.1 Å². The van der Waals surface area contributed by atoms with Crippen LogP contribution in [0.2, 0.25) is 0 Å². The zero-order chi connectivity index (χ0) is 9.14. The molecule has 0 bridgehead atoms. The average molecular weight is 193 g/mol. The van der Waals surface area contributed by atoms with Crippen molar-refractivity contribution in [3.05, 3.63) is 29.3 Å². The number of rotatable bonds is 2. The molecule has 0 atom stereocenters. The first kappa shape index (κ1) is 9.26. The van der Waals surface area contributed by atoms with E-state index in [-0.39, 0.29) is 17.2 Å². The standard InChI is InChI=1S/C8H7ClF2O/c1-12-8-2-5(4-9)6(10)3-7(8)11/h2-3H,4H2,1H3. The van der Waals surface area contributed by atoms with E-state index < -0.39 is 11.6 Å². The monoisotopic (exact) mass is 192 g/mol. The van der Waals surface area contributed by atoms with E-state index in [0.717, 1.165) is 6.07 Å². The SMILES string of the molecule is COc1cc(CCl)c(F)cc1F. The molecule has 0 radical (unpaired) electrons. The maximum Gasteiger partial charge on any atom is 0.167 e. The van der Waals surface area contributed by atoms with Crippen LogP contribution >= 0.6 is 11.6 Å². The molecule has 0 aliphatic rings. The van der Waals surface area contributed by atoms with Gasteiger partial charge in [-0.1, -0.05) is 0 Å². The number of benzene rings is 1. The molecule has 4 heteroatoms. The van der Waals surface area contributed by atoms with Crippen molar-refractivity contribution in [1.82, 2.24) is 0 Å². The van der Waals surface area contributed by atoms with Crippen LogP contribution in [0.4, 0.5) is 8.78 Å². The zero-order valence-corrected chi connectivity index (χ0v) is 7.16. The van der Waals surface area contributed by atoms with Crippen LogP contribution < -0.4 is 4.74 Å². The summed E-state index contributed by atoms with van der Waals surface area (Å²) in [5.41, 5.74) is 0.231. The summed E-state index contributed by atoms with van der Waals surface area (Å²) >= 11 is 5.40. The summed E-state index contributed by atoms with van der Waals surface area (Å²) in [7, 11) is 1.31. The largest absolute Gasteiger partial charge is 0.494 e. The second-order valence-electron chi connectivity index (χ2n) is 2.21. The van der Waals surface area contributed by atoms with Gasteiger partial charge in [-0.2, -0.15) is 0 Å². The van der Waals surface area contributed by atoms with Crippen molar-refractivity contribution in [1.29, 1.82) is 0 Å². The topological polar surface area (TPSA) is 9.23 Å². The van der Waals surface area contributed by atoms with Crippen LogP contribution in [0.3, 0.4) is 0 Å². The van der Waals surface area contributed by atoms with Gasteiger partial charge in [0.15, 0.2) is 11.6 Å². The Kier molecular flexibility index (Phi) is 2.87. The van der Waals surface area contributed by atoms with Crippen molar-refractivity contribution in [3.63, 3.8) is 0 Å². The first-order chi connectivity index (χ1) is 5.69. The van der Waals surface area contributed by atoms with E-state index in [1.165, 1.54) is 13.2 Å². The number of halogens is 3. The van der Waals surface area contributed by atoms with E-state index >= 15 is 0 Å². The van der Waals surface area contributed by atoms with E-state index in [2.05, 4.69) is 4.74 Å². The van der Waals surface area contributed by atoms with E-state index in [4.69, 9.17) is 11.6 Å². The Morgan fingerprint density at radius 2 is 2.00 bits per heavy atom. The Bertz CT molecular complexity index is 263. The molecule has 0 saturated carbocycles. The minimum Gasteiger partial charge on any atom is -0.494 e. The Hall–Kier alpha value is -0.830. The number of methoxy groups -OCH3 is 1. The van der Waals surface area contributed by atoms with Crippen LogP contribution in [0.1, 0.15) is 5.56 Å². The van der Waals surface area contributed by atoms with Gasteiger partial charge in [-0.3, -0.25) is 0 Å². The Balaban J connectivity index is 3.18. The molecule has 0 N–H and O–H groups in total. The van der Waals surface area contributed by atoms with E-state index in [9.17, 15) is 8.78 Å². The molecule has 0 fully saturated rings. The molecule has 66 valence electrons. The van der Waals surface area contributed by atoms with Crippen LogP contribution in [0.5, 0.6) is 5.75 Å². The third-order valence-corrected chi connectivity index (χ3v) is 1.75. The summed E-state index contributed by atoms with van der Waals surface area (Å²) < 4.78 is 30.2. The minimum atomic E-state index is -0.719. The molecule has 0 aromatic heterocycles. The second kappa shape index (κ2) is 3.72. The second-order valence-corrected chi connectivity index (χ2v) is 2.48. The van der Waals surface area contributed by atoms with Crippen molar-refractivity contribution >= 4 is 11.6 Å². The molecule has 0 saturated heterocycles. The van der Waals surface area contributed by atoms with Crippen molar-refractivity contribution in [2.75, 3.05) is 7.11 Å². The molecular formula is C8H7ClF2O. The quantitative estimate of drug-likeness (QED) is 0.655. The fraction of sp³-hybridized carbons (Fsp3) is 0.250. The lowest BCUT2D eigenvalue weighted by Gasteiger charge is -2.04. The summed E-state index contributed by atoms with van der Waals surface area (Å²) in [5.74, 6) is -1.36. The third-order valence-electron chi connectivity index (χ3n) is 1.46. The normalized spacial score (nSPS) is 10.0. The van der Waals surface area contributed by atoms with Gasteiger partial charge < -0.3 is 4.74 Å². The predicted octanol–water partition coefficient (Wildman–Crippen LogP) is 2.71. The van der Waals surface area contributed by atoms with Gasteiger partial charge in [-0.15, -0.1) is 11.6 Å². The summed E-state index contributed by atoms with van der Waals surface area (Å²) in [6.07, 6.45) is 0. The van der Waals surface area contributed by atoms with Crippen LogP contribution in [0, 0.1) is 11.6 Å². The lowest BCUT2D eigenvalue weighted by Crippen LogP contribution is -1.93. The number of hydrogen-bond donors (Lipinski definition) is 0. The van der Waals surface area contributed by atoms with Crippen molar-refractivity contribution in [2.24, 2.45) is 0 Å². The molecular weight excluding hydrogens is 186 g/mol. The molecule has 1 aromatic carbocycles. The average Bonchev–Trinajstić information content (AvgIpc) is 2.05. The van der Waals surface area contributed by atoms with Gasteiger partial charge in [-0.25, -0.2) is 8.78 Å². The van der Waals surface area contributed by atoms with E-state index in [0.29, 0.717) is 0 Å². The van der Waals surface area contributed by atoms with Gasteiger partial charge in [0.05, 0.1) is 13.0 Å². The molecule has 1 nitrogen and oxygen atoms in total. The van der Waals surface area contributed by atoms with Crippen molar-refractivity contribution < 1.29 is 13.5 Å². The van der Waals surface area contributed by atoms with Gasteiger partial charge in [0, 0.05) is 11.6 Å². The van der Waals surface area contributed by atoms with E-state index in [1.54, 1.807) is 0 Å². The third kappa shape index (κ3) is 1.67. The highest BCUT2D eigenvalue weighted by Crippen LogP contribution is 2.22. The Labute approximate surface area is 73.9 Å². The molecule has 0 heterocycles. The highest BCUT2D eigenvalue weighted by Gasteiger charge is 2.08. The zero-order valence-electron chi connectivity index (χ0n) is 6.40. The van der Waals surface area contributed by atoms with Gasteiger partial charge in [0.1, 0.15) is 5.82 Å². The first-order valence-electron chi connectivity index (χ1n) is 3.27. The molecule has 0 unspecified atom stereocenters. The molecule has 12 heavy (non-hydrogen) atoms. The van der Waals surface area contributed by atoms with Gasteiger partial charge in [-0.05, 0) is 6.07 Å². The Morgan fingerprint density at radius 1 is 1.33 bits per heavy atom. The lowest BCUT2D eigenvalue weighted by molar-refractivity contribution is 0.383. The summed E-state index contributed by atoms with van der Waals surface area (Å²) in [4.78, 5) is 0. The van der Waals surface area contributed by atoms with Gasteiger partial charge in [0.25, 0.3) is 0 Å². The molecule has 0 amide bonds. The van der Waals surface area contributed by atoms with E-state index in [1.807, 2.05) is 0 Å². The van der Waals surface area contributed by atoms with Crippen LogP contribution in [-0.2, 0) is 5.88 Å². The Morgan fingerprint density at radius 3 is 2.50 bits per heavy atom. The molecule has 0 aliphatic carbocycles. The summed E-state index contributed by atoms with van der Waals surface area (Å²) in [6, 6.07) is 2.01. The number of ether oxygens (including phenoxy) is 1. The van der Waals surface area contributed by atoms with Crippen molar-refractivity contribution in [3.8, 4) is 5.75 Å².